The van der Waals surface area contributed by atoms with Gasteiger partial charge in [-0.1, -0.05) is 24.4 Å². The Morgan fingerprint density at radius 1 is 1.07 bits per heavy atom. The Kier molecular flexibility index (Phi) is 7.36. The van der Waals surface area contributed by atoms with Crippen LogP contribution in [0.2, 0.25) is 5.02 Å². The minimum Gasteiger partial charge on any atom is -0.368 e. The van der Waals surface area contributed by atoms with Crippen molar-refractivity contribution in [3.05, 3.63) is 29.3 Å². The van der Waals surface area contributed by atoms with E-state index >= 15 is 0 Å². The van der Waals surface area contributed by atoms with Crippen LogP contribution in [0, 0.1) is 5.92 Å². The zero-order chi connectivity index (χ0) is 20.8. The number of halogens is 1. The van der Waals surface area contributed by atoms with Crippen molar-refractivity contribution < 1.29 is 14.4 Å². The van der Waals surface area contributed by atoms with Gasteiger partial charge in [-0.2, -0.15) is 0 Å². The van der Waals surface area contributed by atoms with Crippen LogP contribution in [0.3, 0.4) is 0 Å². The predicted octanol–water partition coefficient (Wildman–Crippen LogP) is 1.80. The molecule has 29 heavy (non-hydrogen) atoms. The van der Waals surface area contributed by atoms with Gasteiger partial charge in [0.25, 0.3) is 0 Å². The Morgan fingerprint density at radius 3 is 2.28 bits per heavy atom. The molecule has 0 spiro atoms. The van der Waals surface area contributed by atoms with Gasteiger partial charge < -0.3 is 20.4 Å². The van der Waals surface area contributed by atoms with E-state index in [1.54, 1.807) is 4.90 Å². The normalized spacial score (nSPS) is 18.4. The molecule has 2 N–H and O–H groups in total. The van der Waals surface area contributed by atoms with E-state index < -0.39 is 6.04 Å². The van der Waals surface area contributed by atoms with Gasteiger partial charge in [-0.15, -0.1) is 0 Å². The molecule has 1 aromatic carbocycles. The van der Waals surface area contributed by atoms with E-state index in [9.17, 15) is 14.4 Å². The quantitative estimate of drug-likeness (QED) is 0.735. The maximum absolute atomic E-state index is 12.6. The van der Waals surface area contributed by atoms with Gasteiger partial charge in [0.2, 0.25) is 17.7 Å². The summed E-state index contributed by atoms with van der Waals surface area (Å²) in [5.41, 5.74) is 1.09. The fourth-order valence-electron chi connectivity index (χ4n) is 4.16. The van der Waals surface area contributed by atoms with Crippen molar-refractivity contribution in [1.82, 2.24) is 15.5 Å². The third-order valence-electron chi connectivity index (χ3n) is 5.75. The first-order chi connectivity index (χ1) is 13.9. The van der Waals surface area contributed by atoms with E-state index in [1.807, 2.05) is 24.3 Å². The second kappa shape index (κ2) is 9.96. The number of nitrogens with one attached hydrogen (secondary N) is 2. The summed E-state index contributed by atoms with van der Waals surface area (Å²) in [5.74, 6) is -0.430. The van der Waals surface area contributed by atoms with Crippen LogP contribution >= 0.6 is 11.6 Å². The van der Waals surface area contributed by atoms with E-state index in [4.69, 9.17) is 11.6 Å². The van der Waals surface area contributed by atoms with Crippen molar-refractivity contribution in [2.45, 2.75) is 38.6 Å². The average Bonchev–Trinajstić information content (AvgIpc) is 3.25. The largest absolute Gasteiger partial charge is 0.368 e. The lowest BCUT2D eigenvalue weighted by Crippen LogP contribution is -2.54. The fourth-order valence-corrected chi connectivity index (χ4v) is 4.28. The highest BCUT2D eigenvalue weighted by Gasteiger charge is 2.32. The molecule has 2 fully saturated rings. The Morgan fingerprint density at radius 2 is 1.69 bits per heavy atom. The smallest absolute Gasteiger partial charge is 0.243 e. The average molecular weight is 421 g/mol. The molecule has 8 heteroatoms. The first-order valence-corrected chi connectivity index (χ1v) is 10.6. The molecule has 1 aliphatic heterocycles. The fraction of sp³-hybridized carbons (Fsp3) is 0.571. The number of carbonyl (C=O) groups excluding carboxylic acids is 3. The third kappa shape index (κ3) is 5.85. The molecule has 0 aromatic heterocycles. The molecule has 158 valence electrons. The van der Waals surface area contributed by atoms with Crippen molar-refractivity contribution in [1.29, 1.82) is 0 Å². The Hall–Kier alpha value is -2.28. The van der Waals surface area contributed by atoms with Gasteiger partial charge in [0.05, 0.1) is 6.54 Å². The summed E-state index contributed by atoms with van der Waals surface area (Å²) in [6, 6.07) is 7.13. The third-order valence-corrected chi connectivity index (χ3v) is 6.00. The van der Waals surface area contributed by atoms with E-state index in [2.05, 4.69) is 15.5 Å². The molecular formula is C21H29ClN4O3. The van der Waals surface area contributed by atoms with Crippen molar-refractivity contribution in [2.24, 2.45) is 5.92 Å². The van der Waals surface area contributed by atoms with Gasteiger partial charge in [0.1, 0.15) is 6.04 Å². The predicted molar refractivity (Wildman–Crippen MR) is 113 cm³/mol. The molecule has 7 nitrogen and oxygen atoms in total. The van der Waals surface area contributed by atoms with Crippen LogP contribution in [0.15, 0.2) is 24.3 Å². The van der Waals surface area contributed by atoms with Crippen molar-refractivity contribution >= 4 is 35.0 Å². The van der Waals surface area contributed by atoms with Crippen molar-refractivity contribution in [2.75, 3.05) is 37.6 Å². The molecule has 3 amide bonds. The summed E-state index contributed by atoms with van der Waals surface area (Å²) in [6.45, 7) is 4.06. The summed E-state index contributed by atoms with van der Waals surface area (Å²) < 4.78 is 0. The topological polar surface area (TPSA) is 81.8 Å². The number of nitrogens with zero attached hydrogens (tertiary/aromatic N) is 2. The van der Waals surface area contributed by atoms with E-state index in [0.717, 1.165) is 44.5 Å². The van der Waals surface area contributed by atoms with Crippen LogP contribution in [-0.4, -0.2) is 61.4 Å². The van der Waals surface area contributed by atoms with Gasteiger partial charge in [-0.05, 0) is 43.0 Å². The van der Waals surface area contributed by atoms with E-state index in [1.165, 1.54) is 6.92 Å². The lowest BCUT2D eigenvalue weighted by molar-refractivity contribution is -0.134. The summed E-state index contributed by atoms with van der Waals surface area (Å²) in [7, 11) is 0. The van der Waals surface area contributed by atoms with Crippen molar-refractivity contribution in [3.63, 3.8) is 0 Å². The molecule has 2 aliphatic rings. The lowest BCUT2D eigenvalue weighted by atomic mass is 9.97. The molecule has 1 saturated heterocycles. The zero-order valence-corrected chi connectivity index (χ0v) is 17.6. The Balaban J connectivity index is 1.47. The maximum Gasteiger partial charge on any atom is 0.243 e. The molecule has 0 radical (unpaired) electrons. The summed E-state index contributed by atoms with van der Waals surface area (Å²) in [5, 5.41) is 6.20. The van der Waals surface area contributed by atoms with Crippen LogP contribution in [-0.2, 0) is 14.4 Å². The van der Waals surface area contributed by atoms with Gasteiger partial charge in [-0.25, -0.2) is 0 Å². The molecule has 1 saturated carbocycles. The minimum atomic E-state index is -0.551. The van der Waals surface area contributed by atoms with Gasteiger partial charge in [-0.3, -0.25) is 14.4 Å². The number of rotatable bonds is 6. The van der Waals surface area contributed by atoms with Crippen LogP contribution < -0.4 is 15.5 Å². The SMILES string of the molecule is CC(=O)NC(C(=O)NCC(=O)N1CCN(c2ccc(Cl)cc2)CC1)C1CCCC1. The molecule has 1 heterocycles. The van der Waals surface area contributed by atoms with Crippen LogP contribution in [0.5, 0.6) is 0 Å². The van der Waals surface area contributed by atoms with E-state index in [0.29, 0.717) is 18.1 Å². The Bertz CT molecular complexity index is 726. The van der Waals surface area contributed by atoms with Crippen LogP contribution in [0.4, 0.5) is 5.69 Å². The second-order valence-electron chi connectivity index (χ2n) is 7.78. The monoisotopic (exact) mass is 420 g/mol. The van der Waals surface area contributed by atoms with Crippen LogP contribution in [0.25, 0.3) is 0 Å². The highest BCUT2D eigenvalue weighted by atomic mass is 35.5. The molecule has 1 aromatic rings. The number of carbonyl (C=O) groups is 3. The van der Waals surface area contributed by atoms with Crippen LogP contribution in [0.1, 0.15) is 32.6 Å². The number of benzene rings is 1. The minimum absolute atomic E-state index is 0.0391. The number of anilines is 1. The number of amides is 3. The van der Waals surface area contributed by atoms with Gasteiger partial charge >= 0.3 is 0 Å². The number of hydrogen-bond donors (Lipinski definition) is 2. The summed E-state index contributed by atoms with van der Waals surface area (Å²) >= 11 is 5.94. The number of hydrogen-bond acceptors (Lipinski definition) is 4. The molecule has 0 bridgehead atoms. The summed E-state index contributed by atoms with van der Waals surface area (Å²) in [4.78, 5) is 40.6. The molecule has 1 aliphatic carbocycles. The highest BCUT2D eigenvalue weighted by molar-refractivity contribution is 6.30. The summed E-state index contributed by atoms with van der Waals surface area (Å²) in [6.07, 6.45) is 4.01. The first-order valence-electron chi connectivity index (χ1n) is 10.3. The molecule has 1 atom stereocenters. The van der Waals surface area contributed by atoms with E-state index in [-0.39, 0.29) is 30.2 Å². The van der Waals surface area contributed by atoms with Crippen molar-refractivity contribution in [3.8, 4) is 0 Å². The molecule has 3 rings (SSSR count). The zero-order valence-electron chi connectivity index (χ0n) is 16.8. The lowest BCUT2D eigenvalue weighted by Gasteiger charge is -2.36. The Labute approximate surface area is 176 Å². The maximum atomic E-state index is 12.6. The van der Waals surface area contributed by atoms with Gasteiger partial charge in [0.15, 0.2) is 0 Å². The second-order valence-corrected chi connectivity index (χ2v) is 8.22. The van der Waals surface area contributed by atoms with Gasteiger partial charge in [0, 0.05) is 43.8 Å². The molecular weight excluding hydrogens is 392 g/mol. The number of piperazine rings is 1. The highest BCUT2D eigenvalue weighted by Crippen LogP contribution is 2.28. The first kappa shape index (κ1) is 21.4. The molecule has 1 unspecified atom stereocenters. The standard InChI is InChI=1S/C21H29ClN4O3/c1-15(27)24-20(16-4-2-3-5-16)21(29)23-14-19(28)26-12-10-25(11-13-26)18-8-6-17(22)7-9-18/h6-9,16,20H,2-5,10-14H2,1H3,(H,23,29)(H,24,27).